The number of carbonyl (C=O) groups is 1. The molecule has 0 bridgehead atoms. The number of ether oxygens (including phenoxy) is 2. The molecular formula is C18H17N3O3. The summed E-state index contributed by atoms with van der Waals surface area (Å²) in [6, 6.07) is 12.6. The van der Waals surface area contributed by atoms with E-state index in [4.69, 9.17) is 9.47 Å². The van der Waals surface area contributed by atoms with Gasteiger partial charge in [-0.1, -0.05) is 18.2 Å². The Balaban J connectivity index is 1.76. The van der Waals surface area contributed by atoms with Gasteiger partial charge in [-0.15, -0.1) is 0 Å². The van der Waals surface area contributed by atoms with Crippen LogP contribution in [0.4, 0.5) is 0 Å². The molecule has 0 spiro atoms. The Hall–Kier alpha value is -3.15. The Kier molecular flexibility index (Phi) is 4.56. The zero-order valence-electron chi connectivity index (χ0n) is 13.4. The molecule has 0 aliphatic rings. The third-order valence-corrected chi connectivity index (χ3v) is 3.56. The van der Waals surface area contributed by atoms with E-state index in [1.54, 1.807) is 48.6 Å². The highest BCUT2D eigenvalue weighted by Crippen LogP contribution is 2.22. The molecule has 0 amide bonds. The van der Waals surface area contributed by atoms with Crippen LogP contribution in [-0.4, -0.2) is 27.6 Å². The molecule has 122 valence electrons. The lowest BCUT2D eigenvalue weighted by Crippen LogP contribution is -2.12. The largest absolute Gasteiger partial charge is 0.497 e. The summed E-state index contributed by atoms with van der Waals surface area (Å²) in [5.41, 5.74) is 1.10. The smallest absolute Gasteiger partial charge is 0.357 e. The second-order valence-corrected chi connectivity index (χ2v) is 5.18. The molecular weight excluding hydrogens is 306 g/mol. The Morgan fingerprint density at radius 3 is 2.79 bits per heavy atom. The predicted octanol–water partition coefficient (Wildman–Crippen LogP) is 3.19. The highest BCUT2D eigenvalue weighted by molar-refractivity contribution is 5.87. The standard InChI is InChI=1S/C18H17N3O3/c1-13(14-5-3-6-15(11-14)23-2)24-18(22)16-7-4-8-17(20-16)21-10-9-19-12-21/h3-13H,1-2H3/t13-/m1/s1. The van der Waals surface area contributed by atoms with E-state index >= 15 is 0 Å². The van der Waals surface area contributed by atoms with Crippen LogP contribution in [0.5, 0.6) is 5.75 Å². The van der Waals surface area contributed by atoms with Gasteiger partial charge in [-0.3, -0.25) is 4.57 Å². The second kappa shape index (κ2) is 6.95. The summed E-state index contributed by atoms with van der Waals surface area (Å²) in [4.78, 5) is 20.7. The number of carbonyl (C=O) groups excluding carboxylic acids is 1. The highest BCUT2D eigenvalue weighted by atomic mass is 16.5. The van der Waals surface area contributed by atoms with E-state index in [1.807, 2.05) is 31.2 Å². The Morgan fingerprint density at radius 1 is 1.21 bits per heavy atom. The fraction of sp³-hybridized carbons (Fsp3) is 0.167. The number of methoxy groups -OCH3 is 1. The lowest BCUT2D eigenvalue weighted by molar-refractivity contribution is 0.0330. The first-order valence-corrected chi connectivity index (χ1v) is 7.47. The summed E-state index contributed by atoms with van der Waals surface area (Å²) in [5, 5.41) is 0. The first kappa shape index (κ1) is 15.7. The van der Waals surface area contributed by atoms with Crippen LogP contribution < -0.4 is 4.74 Å². The SMILES string of the molecule is COc1cccc([C@@H](C)OC(=O)c2cccc(-n3ccnc3)n2)c1. The van der Waals surface area contributed by atoms with E-state index in [-0.39, 0.29) is 5.69 Å². The van der Waals surface area contributed by atoms with Crippen molar-refractivity contribution >= 4 is 5.97 Å². The molecule has 2 heterocycles. The second-order valence-electron chi connectivity index (χ2n) is 5.18. The van der Waals surface area contributed by atoms with Gasteiger partial charge in [0, 0.05) is 12.4 Å². The monoisotopic (exact) mass is 323 g/mol. The normalized spacial score (nSPS) is 11.8. The van der Waals surface area contributed by atoms with Crippen LogP contribution in [0.3, 0.4) is 0 Å². The Morgan fingerprint density at radius 2 is 2.04 bits per heavy atom. The van der Waals surface area contributed by atoms with Gasteiger partial charge in [0.05, 0.1) is 7.11 Å². The van der Waals surface area contributed by atoms with Gasteiger partial charge in [0.15, 0.2) is 5.69 Å². The first-order chi connectivity index (χ1) is 11.7. The number of hydrogen-bond acceptors (Lipinski definition) is 5. The maximum Gasteiger partial charge on any atom is 0.357 e. The summed E-state index contributed by atoms with van der Waals surface area (Å²) >= 11 is 0. The first-order valence-electron chi connectivity index (χ1n) is 7.47. The van der Waals surface area contributed by atoms with E-state index in [0.29, 0.717) is 5.82 Å². The molecule has 6 nitrogen and oxygen atoms in total. The predicted molar refractivity (Wildman–Crippen MR) is 88.2 cm³/mol. The third kappa shape index (κ3) is 3.43. The summed E-state index contributed by atoms with van der Waals surface area (Å²) in [5.74, 6) is 0.846. The van der Waals surface area contributed by atoms with Crippen LogP contribution in [0.1, 0.15) is 29.1 Å². The molecule has 3 rings (SSSR count). The summed E-state index contributed by atoms with van der Waals surface area (Å²) < 4.78 is 12.4. The van der Waals surface area contributed by atoms with Crippen LogP contribution in [-0.2, 0) is 4.74 Å². The number of rotatable bonds is 5. The number of aromatic nitrogens is 3. The number of nitrogens with zero attached hydrogens (tertiary/aromatic N) is 3. The van der Waals surface area contributed by atoms with Crippen molar-refractivity contribution in [3.8, 4) is 11.6 Å². The van der Waals surface area contributed by atoms with Crippen LogP contribution in [0.2, 0.25) is 0 Å². The average molecular weight is 323 g/mol. The zero-order chi connectivity index (χ0) is 16.9. The maximum absolute atomic E-state index is 12.4. The molecule has 2 aromatic heterocycles. The zero-order valence-corrected chi connectivity index (χ0v) is 13.4. The fourth-order valence-corrected chi connectivity index (χ4v) is 2.26. The van der Waals surface area contributed by atoms with E-state index < -0.39 is 12.1 Å². The lowest BCUT2D eigenvalue weighted by Gasteiger charge is -2.14. The third-order valence-electron chi connectivity index (χ3n) is 3.56. The Bertz CT molecular complexity index is 831. The van der Waals surface area contributed by atoms with Crippen LogP contribution in [0.15, 0.2) is 61.2 Å². The van der Waals surface area contributed by atoms with Gasteiger partial charge in [-0.2, -0.15) is 0 Å². The molecule has 0 saturated carbocycles. The van der Waals surface area contributed by atoms with Crippen molar-refractivity contribution < 1.29 is 14.3 Å². The fourth-order valence-electron chi connectivity index (χ4n) is 2.26. The van der Waals surface area contributed by atoms with Crippen molar-refractivity contribution in [2.24, 2.45) is 0 Å². The molecule has 6 heteroatoms. The maximum atomic E-state index is 12.4. The van der Waals surface area contributed by atoms with Gasteiger partial charge in [-0.05, 0) is 36.8 Å². The lowest BCUT2D eigenvalue weighted by atomic mass is 10.1. The van der Waals surface area contributed by atoms with Gasteiger partial charge < -0.3 is 9.47 Å². The summed E-state index contributed by atoms with van der Waals surface area (Å²) in [7, 11) is 1.60. The topological polar surface area (TPSA) is 66.2 Å². The molecule has 24 heavy (non-hydrogen) atoms. The minimum Gasteiger partial charge on any atom is -0.497 e. The van der Waals surface area contributed by atoms with Crippen molar-refractivity contribution in [3.05, 3.63) is 72.4 Å². The number of esters is 1. The van der Waals surface area contributed by atoms with Gasteiger partial charge in [0.1, 0.15) is 24.0 Å². The quantitative estimate of drug-likeness (QED) is 0.675. The number of hydrogen-bond donors (Lipinski definition) is 0. The van der Waals surface area contributed by atoms with Crippen molar-refractivity contribution in [2.45, 2.75) is 13.0 Å². The minimum absolute atomic E-state index is 0.246. The molecule has 1 atom stereocenters. The minimum atomic E-state index is -0.479. The van der Waals surface area contributed by atoms with E-state index in [2.05, 4.69) is 9.97 Å². The van der Waals surface area contributed by atoms with Crippen LogP contribution in [0, 0.1) is 0 Å². The molecule has 0 unspecified atom stereocenters. The van der Waals surface area contributed by atoms with Gasteiger partial charge >= 0.3 is 5.97 Å². The molecule has 0 aliphatic carbocycles. The molecule has 0 saturated heterocycles. The van der Waals surface area contributed by atoms with Crippen molar-refractivity contribution in [2.75, 3.05) is 7.11 Å². The van der Waals surface area contributed by atoms with Crippen molar-refractivity contribution in [1.29, 1.82) is 0 Å². The van der Waals surface area contributed by atoms with Crippen molar-refractivity contribution in [3.63, 3.8) is 0 Å². The number of imidazole rings is 1. The molecule has 0 radical (unpaired) electrons. The molecule has 0 fully saturated rings. The van der Waals surface area contributed by atoms with Crippen LogP contribution >= 0.6 is 0 Å². The van der Waals surface area contributed by atoms with E-state index in [9.17, 15) is 4.79 Å². The number of benzene rings is 1. The average Bonchev–Trinajstić information content (AvgIpc) is 3.16. The highest BCUT2D eigenvalue weighted by Gasteiger charge is 2.16. The summed E-state index contributed by atoms with van der Waals surface area (Å²) in [6.45, 7) is 1.81. The van der Waals surface area contributed by atoms with Gasteiger partial charge in [0.2, 0.25) is 0 Å². The van der Waals surface area contributed by atoms with E-state index in [0.717, 1.165) is 11.3 Å². The molecule has 3 aromatic rings. The van der Waals surface area contributed by atoms with E-state index in [1.165, 1.54) is 0 Å². The van der Waals surface area contributed by atoms with Gasteiger partial charge in [0.25, 0.3) is 0 Å². The van der Waals surface area contributed by atoms with Gasteiger partial charge in [-0.25, -0.2) is 14.8 Å². The molecule has 0 N–H and O–H groups in total. The van der Waals surface area contributed by atoms with Crippen molar-refractivity contribution in [1.82, 2.24) is 14.5 Å². The summed E-state index contributed by atoms with van der Waals surface area (Å²) in [6.07, 6.45) is 4.62. The number of pyridine rings is 1. The van der Waals surface area contributed by atoms with Crippen LogP contribution in [0.25, 0.3) is 5.82 Å². The molecule has 1 aromatic carbocycles. The Labute approximate surface area is 139 Å². The molecule has 0 aliphatic heterocycles.